The Balaban J connectivity index is 1.31. The number of amides is 1. The van der Waals surface area contributed by atoms with Crippen LogP contribution in [0.15, 0.2) is 52.5 Å². The smallest absolute Gasteiger partial charge is 0.243 e. The van der Waals surface area contributed by atoms with Crippen molar-refractivity contribution in [3.8, 4) is 0 Å². The second-order valence-corrected chi connectivity index (χ2v) is 11.7. The van der Waals surface area contributed by atoms with Crippen molar-refractivity contribution in [1.29, 1.82) is 0 Å². The van der Waals surface area contributed by atoms with Crippen molar-refractivity contribution in [3.05, 3.63) is 59.2 Å². The fourth-order valence-electron chi connectivity index (χ4n) is 4.33. The van der Waals surface area contributed by atoms with Gasteiger partial charge in [0.15, 0.2) is 10.8 Å². The molecule has 2 aromatic heterocycles. The van der Waals surface area contributed by atoms with Gasteiger partial charge in [-0.15, -0.1) is 10.2 Å². The normalized spacial score (nSPS) is 15.0. The summed E-state index contributed by atoms with van der Waals surface area (Å²) in [6.07, 6.45) is 0. The largest absolute Gasteiger partial charge is 0.379 e. The third-order valence-corrected chi connectivity index (χ3v) is 9.23. The Bertz CT molecular complexity index is 1560. The first-order chi connectivity index (χ1) is 17.3. The number of aromatic nitrogens is 3. The van der Waals surface area contributed by atoms with E-state index < -0.39 is 10.0 Å². The molecule has 0 unspecified atom stereocenters. The van der Waals surface area contributed by atoms with Crippen LogP contribution in [0, 0.1) is 20.8 Å². The fourth-order valence-corrected chi connectivity index (χ4v) is 6.47. The van der Waals surface area contributed by atoms with Crippen LogP contribution < -0.4 is 5.32 Å². The quantitative estimate of drug-likeness (QED) is 0.384. The van der Waals surface area contributed by atoms with Crippen molar-refractivity contribution >= 4 is 49.9 Å². The SMILES string of the molecule is Cc1ccc2cc(C)c3nnc(SCC(=O)Nc4ccc(S(=O)(=O)N5CCOCC5)cc4)n3c2c1C. The number of morpholine rings is 1. The van der Waals surface area contributed by atoms with E-state index in [2.05, 4.69) is 47.6 Å². The van der Waals surface area contributed by atoms with Crippen molar-refractivity contribution in [2.45, 2.75) is 30.8 Å². The van der Waals surface area contributed by atoms with Gasteiger partial charge in [0.25, 0.3) is 0 Å². The van der Waals surface area contributed by atoms with E-state index in [-0.39, 0.29) is 16.6 Å². The maximum atomic E-state index is 12.8. The molecule has 1 aliphatic rings. The van der Waals surface area contributed by atoms with Gasteiger partial charge >= 0.3 is 0 Å². The van der Waals surface area contributed by atoms with Crippen molar-refractivity contribution < 1.29 is 17.9 Å². The average molecular weight is 526 g/mol. The molecule has 1 aliphatic heterocycles. The Labute approximate surface area is 213 Å². The summed E-state index contributed by atoms with van der Waals surface area (Å²) in [7, 11) is -3.58. The van der Waals surface area contributed by atoms with Crippen molar-refractivity contribution in [2.75, 3.05) is 37.4 Å². The molecule has 0 aliphatic carbocycles. The number of nitrogens with one attached hydrogen (secondary N) is 1. The molecule has 1 N–H and O–H groups in total. The molecule has 5 rings (SSSR count). The number of hydrogen-bond donors (Lipinski definition) is 1. The van der Waals surface area contributed by atoms with Crippen LogP contribution in [0.2, 0.25) is 0 Å². The predicted octanol–water partition coefficient (Wildman–Crippen LogP) is 3.56. The number of carbonyl (C=O) groups excluding carboxylic acids is 1. The minimum Gasteiger partial charge on any atom is -0.379 e. The Morgan fingerprint density at radius 1 is 1.03 bits per heavy atom. The van der Waals surface area contributed by atoms with Crippen LogP contribution in [0.4, 0.5) is 5.69 Å². The second-order valence-electron chi connectivity index (χ2n) is 8.79. The van der Waals surface area contributed by atoms with Crippen LogP contribution in [-0.4, -0.2) is 65.3 Å². The molecule has 4 aromatic rings. The number of rotatable bonds is 6. The molecule has 9 nitrogen and oxygen atoms in total. The van der Waals surface area contributed by atoms with Crippen molar-refractivity contribution in [1.82, 2.24) is 18.9 Å². The molecule has 1 saturated heterocycles. The molecule has 0 saturated carbocycles. The molecule has 3 heterocycles. The number of aryl methyl sites for hydroxylation is 3. The van der Waals surface area contributed by atoms with Crippen LogP contribution in [0.5, 0.6) is 0 Å². The zero-order chi connectivity index (χ0) is 25.4. The summed E-state index contributed by atoms with van der Waals surface area (Å²) in [5.41, 5.74) is 5.68. The molecular formula is C25H27N5O4S2. The zero-order valence-electron chi connectivity index (χ0n) is 20.3. The van der Waals surface area contributed by atoms with E-state index in [0.717, 1.165) is 27.7 Å². The maximum Gasteiger partial charge on any atom is 0.243 e. The lowest BCUT2D eigenvalue weighted by atomic mass is 10.0. The molecule has 0 radical (unpaired) electrons. The zero-order valence-corrected chi connectivity index (χ0v) is 21.9. The van der Waals surface area contributed by atoms with Gasteiger partial charge in [-0.2, -0.15) is 4.31 Å². The number of pyridine rings is 1. The van der Waals surface area contributed by atoms with Gasteiger partial charge < -0.3 is 10.1 Å². The van der Waals surface area contributed by atoms with Crippen molar-refractivity contribution in [3.63, 3.8) is 0 Å². The standard InChI is InChI=1S/C25H27N5O4S2/c1-16-4-5-19-14-17(2)24-27-28-25(30(24)23(19)18(16)3)35-15-22(31)26-20-6-8-21(9-7-20)36(32,33)29-10-12-34-13-11-29/h4-9,14H,10-13,15H2,1-3H3,(H,26,31). The summed E-state index contributed by atoms with van der Waals surface area (Å²) in [6, 6.07) is 12.5. The van der Waals surface area contributed by atoms with E-state index >= 15 is 0 Å². The average Bonchev–Trinajstić information content (AvgIpc) is 3.30. The van der Waals surface area contributed by atoms with E-state index in [1.54, 1.807) is 12.1 Å². The van der Waals surface area contributed by atoms with Gasteiger partial charge in [0, 0.05) is 18.8 Å². The number of benzene rings is 2. The molecular weight excluding hydrogens is 498 g/mol. The number of fused-ring (bicyclic) bond motifs is 3. The van der Waals surface area contributed by atoms with Gasteiger partial charge in [-0.3, -0.25) is 9.20 Å². The van der Waals surface area contributed by atoms with Gasteiger partial charge in [-0.05, 0) is 73.2 Å². The molecule has 1 fully saturated rings. The molecule has 0 bridgehead atoms. The molecule has 2 aromatic carbocycles. The van der Waals surface area contributed by atoms with E-state index in [0.29, 0.717) is 37.1 Å². The first-order valence-electron chi connectivity index (χ1n) is 11.6. The van der Waals surface area contributed by atoms with Crippen LogP contribution in [0.25, 0.3) is 16.6 Å². The number of carbonyl (C=O) groups is 1. The summed E-state index contributed by atoms with van der Waals surface area (Å²) in [6.45, 7) is 7.61. The van der Waals surface area contributed by atoms with Crippen LogP contribution in [0.3, 0.4) is 0 Å². The number of hydrogen-bond acceptors (Lipinski definition) is 7. The Hall–Kier alpha value is -2.99. The first-order valence-corrected chi connectivity index (χ1v) is 14.0. The van der Waals surface area contributed by atoms with E-state index in [4.69, 9.17) is 4.74 Å². The van der Waals surface area contributed by atoms with Gasteiger partial charge in [0.1, 0.15) is 0 Å². The summed E-state index contributed by atoms with van der Waals surface area (Å²) in [5, 5.41) is 13.3. The Kier molecular flexibility index (Phi) is 6.73. The van der Waals surface area contributed by atoms with Crippen LogP contribution in [0.1, 0.15) is 16.7 Å². The third kappa shape index (κ3) is 4.59. The van der Waals surface area contributed by atoms with E-state index in [1.165, 1.54) is 33.8 Å². The highest BCUT2D eigenvalue weighted by atomic mass is 32.2. The van der Waals surface area contributed by atoms with Crippen LogP contribution >= 0.6 is 11.8 Å². The lowest BCUT2D eigenvalue weighted by molar-refractivity contribution is -0.113. The third-order valence-electron chi connectivity index (χ3n) is 6.39. The first kappa shape index (κ1) is 24.7. The summed E-state index contributed by atoms with van der Waals surface area (Å²) in [4.78, 5) is 12.9. The topological polar surface area (TPSA) is 106 Å². The summed E-state index contributed by atoms with van der Waals surface area (Å²) < 4.78 is 34.3. The number of anilines is 1. The van der Waals surface area contributed by atoms with E-state index in [9.17, 15) is 13.2 Å². The molecule has 36 heavy (non-hydrogen) atoms. The fraction of sp³-hybridized carbons (Fsp3) is 0.320. The van der Waals surface area contributed by atoms with Gasteiger partial charge in [-0.25, -0.2) is 8.42 Å². The van der Waals surface area contributed by atoms with Gasteiger partial charge in [0.05, 0.1) is 29.4 Å². The summed E-state index contributed by atoms with van der Waals surface area (Å²) >= 11 is 1.31. The van der Waals surface area contributed by atoms with E-state index in [1.807, 2.05) is 11.3 Å². The highest BCUT2D eigenvalue weighted by Gasteiger charge is 2.26. The summed E-state index contributed by atoms with van der Waals surface area (Å²) in [5.74, 6) is -0.0834. The van der Waals surface area contributed by atoms with Gasteiger partial charge in [0.2, 0.25) is 15.9 Å². The van der Waals surface area contributed by atoms with Crippen molar-refractivity contribution in [2.24, 2.45) is 0 Å². The minimum absolute atomic E-state index is 0.134. The van der Waals surface area contributed by atoms with Crippen LogP contribution in [-0.2, 0) is 19.6 Å². The number of sulfonamides is 1. The molecule has 0 spiro atoms. The molecule has 188 valence electrons. The number of nitrogens with zero attached hydrogens (tertiary/aromatic N) is 4. The Morgan fingerprint density at radius 2 is 1.75 bits per heavy atom. The highest BCUT2D eigenvalue weighted by Crippen LogP contribution is 2.29. The second kappa shape index (κ2) is 9.81. The lowest BCUT2D eigenvalue weighted by Gasteiger charge is -2.26. The highest BCUT2D eigenvalue weighted by molar-refractivity contribution is 7.99. The monoisotopic (exact) mass is 525 g/mol. The lowest BCUT2D eigenvalue weighted by Crippen LogP contribution is -2.40. The minimum atomic E-state index is -3.58. The van der Waals surface area contributed by atoms with Gasteiger partial charge in [-0.1, -0.05) is 23.9 Å². The maximum absolute atomic E-state index is 12.8. The number of ether oxygens (including phenoxy) is 1. The molecule has 11 heteroatoms. The number of thioether (sulfide) groups is 1. The Morgan fingerprint density at radius 3 is 2.47 bits per heavy atom. The molecule has 0 atom stereocenters. The predicted molar refractivity (Wildman–Crippen MR) is 140 cm³/mol. The molecule has 1 amide bonds.